The summed E-state index contributed by atoms with van der Waals surface area (Å²) in [5.41, 5.74) is -1.72. The third kappa shape index (κ3) is 6.89. The van der Waals surface area contributed by atoms with E-state index in [1.807, 2.05) is 12.8 Å². The van der Waals surface area contributed by atoms with Gasteiger partial charge in [0.25, 0.3) is 5.56 Å². The third-order valence-electron chi connectivity index (χ3n) is 5.74. The number of benzene rings is 2. The second kappa shape index (κ2) is 13.2. The molecule has 42 heavy (non-hydrogen) atoms. The summed E-state index contributed by atoms with van der Waals surface area (Å²) in [7, 11) is 0.948. The standard InChI is InChI=1S/C26H20F3N3O5S.C3H4O/c1-5-10-36-24(34)15(3)37-19-8-6-14(2)11-17(19)23-18-12-16(7-9-20(18)38-30-23)32-22(33)13-21(26(27,28)29)31(4)25(32)35;1-2-3-4/h1,6-9,11-13,15H,10H2,2-4H3;1,4H,3H2. The fourth-order valence-electron chi connectivity index (χ4n) is 3.80. The van der Waals surface area contributed by atoms with Gasteiger partial charge >= 0.3 is 17.8 Å². The van der Waals surface area contributed by atoms with Gasteiger partial charge in [0.15, 0.2) is 12.7 Å². The molecule has 2 heterocycles. The number of fused-ring (bicyclic) bond motifs is 1. The van der Waals surface area contributed by atoms with Crippen LogP contribution in [0.1, 0.15) is 18.2 Å². The summed E-state index contributed by atoms with van der Waals surface area (Å²) in [6, 6.07) is 10.2. The SMILES string of the molecule is C#CCO.C#CCOC(=O)C(C)Oc1ccc(C)cc1-c1nsc2ccc(-n3c(=O)cc(C(F)(F)F)n(C)c3=O)cc12. The number of aromatic nitrogens is 3. The molecule has 0 aliphatic rings. The largest absolute Gasteiger partial charge is 0.478 e. The molecule has 4 aromatic rings. The van der Waals surface area contributed by atoms with Crippen LogP contribution in [0.15, 0.2) is 52.1 Å². The van der Waals surface area contributed by atoms with Crippen LogP contribution in [0.5, 0.6) is 5.75 Å². The summed E-state index contributed by atoms with van der Waals surface area (Å²) in [6.45, 7) is 3.01. The summed E-state index contributed by atoms with van der Waals surface area (Å²) in [4.78, 5) is 37.6. The first-order valence-corrected chi connectivity index (χ1v) is 12.8. The van der Waals surface area contributed by atoms with Crippen molar-refractivity contribution in [3.63, 3.8) is 0 Å². The molecule has 0 aliphatic heterocycles. The van der Waals surface area contributed by atoms with Gasteiger partial charge in [-0.05, 0) is 55.7 Å². The fourth-order valence-corrected chi connectivity index (χ4v) is 4.56. The van der Waals surface area contributed by atoms with Crippen molar-refractivity contribution in [3.8, 4) is 47.4 Å². The van der Waals surface area contributed by atoms with Gasteiger partial charge in [-0.2, -0.15) is 17.5 Å². The van der Waals surface area contributed by atoms with Gasteiger partial charge < -0.3 is 14.6 Å². The van der Waals surface area contributed by atoms with Crippen molar-refractivity contribution < 1.29 is 32.5 Å². The maximum atomic E-state index is 13.3. The minimum Gasteiger partial charge on any atom is -0.478 e. The lowest BCUT2D eigenvalue weighted by Crippen LogP contribution is -2.40. The monoisotopic (exact) mass is 599 g/mol. The zero-order valence-corrected chi connectivity index (χ0v) is 23.4. The molecule has 1 atom stereocenters. The predicted molar refractivity (Wildman–Crippen MR) is 151 cm³/mol. The number of alkyl halides is 3. The van der Waals surface area contributed by atoms with E-state index in [0.29, 0.717) is 42.3 Å². The number of aliphatic hydroxyl groups is 1. The van der Waals surface area contributed by atoms with Gasteiger partial charge in [-0.15, -0.1) is 12.8 Å². The number of hydrogen-bond acceptors (Lipinski definition) is 8. The van der Waals surface area contributed by atoms with E-state index in [1.165, 1.54) is 19.1 Å². The molecule has 0 aliphatic carbocycles. The Morgan fingerprint density at radius 3 is 2.45 bits per heavy atom. The zero-order valence-electron chi connectivity index (χ0n) is 22.6. The van der Waals surface area contributed by atoms with Crippen LogP contribution in [0.2, 0.25) is 0 Å². The second-order valence-corrected chi connectivity index (χ2v) is 9.49. The lowest BCUT2D eigenvalue weighted by Gasteiger charge is -2.16. The molecule has 218 valence electrons. The van der Waals surface area contributed by atoms with E-state index < -0.39 is 35.2 Å². The van der Waals surface area contributed by atoms with Crippen molar-refractivity contribution in [2.24, 2.45) is 7.05 Å². The molecule has 2 aromatic carbocycles. The number of carbonyl (C=O) groups excluding carboxylic acids is 1. The molecule has 0 saturated heterocycles. The average molecular weight is 600 g/mol. The molecule has 0 fully saturated rings. The second-order valence-electron chi connectivity index (χ2n) is 8.69. The minimum absolute atomic E-state index is 0.0691. The molecular formula is C29H24F3N3O6S. The summed E-state index contributed by atoms with van der Waals surface area (Å²) in [6.07, 6.45) is 3.80. The molecular weight excluding hydrogens is 575 g/mol. The number of rotatable bonds is 6. The number of terminal acetylenes is 2. The Bertz CT molecular complexity index is 1830. The lowest BCUT2D eigenvalue weighted by molar-refractivity contribution is -0.149. The molecule has 1 unspecified atom stereocenters. The van der Waals surface area contributed by atoms with Crippen molar-refractivity contribution in [2.75, 3.05) is 13.2 Å². The quantitative estimate of drug-likeness (QED) is 0.266. The molecule has 0 amide bonds. The van der Waals surface area contributed by atoms with E-state index in [2.05, 4.69) is 16.7 Å². The average Bonchev–Trinajstić information content (AvgIpc) is 3.37. The lowest BCUT2D eigenvalue weighted by atomic mass is 10.0. The predicted octanol–water partition coefficient (Wildman–Crippen LogP) is 3.70. The Balaban J connectivity index is 0.00000114. The smallest absolute Gasteiger partial charge is 0.431 e. The number of aliphatic hydroxyl groups excluding tert-OH is 1. The van der Waals surface area contributed by atoms with E-state index >= 15 is 0 Å². The number of carbonyl (C=O) groups is 1. The highest BCUT2D eigenvalue weighted by atomic mass is 32.1. The van der Waals surface area contributed by atoms with Crippen molar-refractivity contribution in [3.05, 3.63) is 74.6 Å². The number of halogens is 3. The number of aryl methyl sites for hydroxylation is 1. The van der Waals surface area contributed by atoms with Crippen LogP contribution in [0.25, 0.3) is 27.0 Å². The van der Waals surface area contributed by atoms with Gasteiger partial charge in [0.1, 0.15) is 18.1 Å². The third-order valence-corrected chi connectivity index (χ3v) is 6.56. The highest BCUT2D eigenvalue weighted by molar-refractivity contribution is 7.13. The van der Waals surface area contributed by atoms with Crippen LogP contribution in [0.3, 0.4) is 0 Å². The van der Waals surface area contributed by atoms with Gasteiger partial charge in [-0.25, -0.2) is 14.2 Å². The van der Waals surface area contributed by atoms with E-state index in [0.717, 1.165) is 24.1 Å². The molecule has 0 spiro atoms. The van der Waals surface area contributed by atoms with Gasteiger partial charge in [-0.1, -0.05) is 23.5 Å². The van der Waals surface area contributed by atoms with Crippen molar-refractivity contribution in [1.82, 2.24) is 13.5 Å². The molecule has 0 bridgehead atoms. The molecule has 2 aromatic heterocycles. The van der Waals surface area contributed by atoms with E-state index in [4.69, 9.17) is 21.0 Å². The van der Waals surface area contributed by atoms with E-state index in [9.17, 15) is 27.6 Å². The Morgan fingerprint density at radius 2 is 1.83 bits per heavy atom. The van der Waals surface area contributed by atoms with Crippen molar-refractivity contribution in [2.45, 2.75) is 26.1 Å². The number of hydrogen-bond donors (Lipinski definition) is 1. The molecule has 1 N–H and O–H groups in total. The van der Waals surface area contributed by atoms with Crippen LogP contribution >= 0.6 is 11.5 Å². The van der Waals surface area contributed by atoms with Crippen molar-refractivity contribution >= 4 is 27.6 Å². The van der Waals surface area contributed by atoms with Crippen LogP contribution < -0.4 is 16.0 Å². The number of ether oxygens (including phenoxy) is 2. The molecule has 0 radical (unpaired) electrons. The van der Waals surface area contributed by atoms with Gasteiger partial charge in [0.05, 0.1) is 16.1 Å². The first-order valence-electron chi connectivity index (χ1n) is 12.1. The van der Waals surface area contributed by atoms with Gasteiger partial charge in [0.2, 0.25) is 0 Å². The summed E-state index contributed by atoms with van der Waals surface area (Å²) in [5, 5.41) is 8.17. The van der Waals surface area contributed by atoms with E-state index in [1.54, 1.807) is 24.3 Å². The first-order chi connectivity index (χ1) is 19.8. The minimum atomic E-state index is -4.87. The normalized spacial score (nSPS) is 11.5. The van der Waals surface area contributed by atoms with Crippen molar-refractivity contribution in [1.29, 1.82) is 0 Å². The zero-order chi connectivity index (χ0) is 31.2. The maximum absolute atomic E-state index is 13.3. The van der Waals surface area contributed by atoms with Crippen LogP contribution in [0.4, 0.5) is 13.2 Å². The molecule has 4 rings (SSSR count). The van der Waals surface area contributed by atoms with E-state index in [-0.39, 0.29) is 18.9 Å². The summed E-state index contributed by atoms with van der Waals surface area (Å²) >= 11 is 1.14. The van der Waals surface area contributed by atoms with Crippen LogP contribution in [-0.2, 0) is 22.8 Å². The molecule has 9 nitrogen and oxygen atoms in total. The number of esters is 1. The molecule has 0 saturated carbocycles. The Kier molecular flexibility index (Phi) is 9.96. The topological polar surface area (TPSA) is 113 Å². The van der Waals surface area contributed by atoms with Gasteiger partial charge in [0, 0.05) is 24.1 Å². The van der Waals surface area contributed by atoms with Crippen LogP contribution in [-0.4, -0.2) is 43.9 Å². The maximum Gasteiger partial charge on any atom is 0.431 e. The Hall–Kier alpha value is -4.85. The first kappa shape index (κ1) is 31.7. The number of nitrogens with zero attached hydrogens (tertiary/aromatic N) is 3. The Labute approximate surface area is 241 Å². The Morgan fingerprint density at radius 1 is 1.14 bits per heavy atom. The molecule has 13 heteroatoms. The summed E-state index contributed by atoms with van der Waals surface area (Å²) < 4.78 is 56.8. The fraction of sp³-hybridized carbons (Fsp3) is 0.241. The van der Waals surface area contributed by atoms with Gasteiger partial charge in [-0.3, -0.25) is 9.36 Å². The highest BCUT2D eigenvalue weighted by Crippen LogP contribution is 2.38. The summed E-state index contributed by atoms with van der Waals surface area (Å²) in [5.74, 6) is 3.86. The highest BCUT2D eigenvalue weighted by Gasteiger charge is 2.35. The van der Waals surface area contributed by atoms with Crippen LogP contribution in [0, 0.1) is 31.6 Å².